The Morgan fingerprint density at radius 3 is 1.07 bits per heavy atom. The van der Waals surface area contributed by atoms with Crippen LogP contribution >= 0.6 is 0 Å². The zero-order chi connectivity index (χ0) is 54.8. The quantitative estimate of drug-likeness (QED) is 0.0195. The Labute approximate surface area is 459 Å². The van der Waals surface area contributed by atoms with Gasteiger partial charge in [0.1, 0.15) is 13.2 Å². The summed E-state index contributed by atoms with van der Waals surface area (Å²) in [5, 5.41) is 11.8. The molecule has 0 heterocycles. The normalized spacial score (nSPS) is 13.8. The Morgan fingerprint density at radius 2 is 0.720 bits per heavy atom. The number of aliphatic carboxylic acids is 1. The molecule has 0 aromatic carbocycles. The number of hydrogen-bond acceptors (Lipinski definition) is 8. The van der Waals surface area contributed by atoms with Gasteiger partial charge < -0.3 is 33.3 Å². The second-order valence-electron chi connectivity index (χ2n) is 20.2. The molecule has 2 unspecified atom stereocenters. The summed E-state index contributed by atoms with van der Waals surface area (Å²) in [5.74, 6) is -2.33. The number of unbranched alkanes of at least 4 members (excludes halogenated alkanes) is 15. The van der Waals surface area contributed by atoms with Gasteiger partial charge in [-0.3, -0.25) is 9.59 Å². The molecule has 9 heteroatoms. The van der Waals surface area contributed by atoms with Crippen molar-refractivity contribution in [3.8, 4) is 0 Å². The van der Waals surface area contributed by atoms with Crippen molar-refractivity contribution in [1.29, 1.82) is 0 Å². The first kappa shape index (κ1) is 70.4. The fourth-order valence-corrected chi connectivity index (χ4v) is 7.45. The summed E-state index contributed by atoms with van der Waals surface area (Å²) in [7, 11) is 5.90. The summed E-state index contributed by atoms with van der Waals surface area (Å²) in [5.41, 5.74) is 0. The van der Waals surface area contributed by atoms with Crippen molar-refractivity contribution in [3.05, 3.63) is 134 Å². The first-order chi connectivity index (χ1) is 36.6. The summed E-state index contributed by atoms with van der Waals surface area (Å²) < 4.78 is 22.7. The number of quaternary nitrogens is 1. The fraction of sp³-hybridized carbons (Fsp3) is 0.621. The third kappa shape index (κ3) is 57.0. The SMILES string of the molecule is CC/C=C\C/C=C\C/C=C\C/C=C\C/C=C\C/C=C\CCCCCCCCCCCCC(=O)OC(COC(=O)CCCCCCC/C=C\C/C=C\C/C=C\C/C=C\C/C=C\CC)COC(OCC[N+](C)(C)C)C(=O)[O-]. The van der Waals surface area contributed by atoms with E-state index in [1.54, 1.807) is 0 Å². The maximum absolute atomic E-state index is 12.9. The number of carboxylic acids is 1. The summed E-state index contributed by atoms with van der Waals surface area (Å²) in [6, 6.07) is 0. The number of likely N-dealkylation sites (N-methyl/N-ethyl adjacent to an activating group) is 1. The lowest BCUT2D eigenvalue weighted by atomic mass is 10.0. The molecule has 0 fully saturated rings. The monoisotopic (exact) mass is 1040 g/mol. The average Bonchev–Trinajstić information content (AvgIpc) is 3.38. The van der Waals surface area contributed by atoms with E-state index in [1.165, 1.54) is 38.5 Å². The summed E-state index contributed by atoms with van der Waals surface area (Å²) in [6.07, 6.45) is 76.3. The van der Waals surface area contributed by atoms with Crippen molar-refractivity contribution in [3.63, 3.8) is 0 Å². The molecule has 424 valence electrons. The Kier molecular flexibility index (Phi) is 52.3. The van der Waals surface area contributed by atoms with Gasteiger partial charge in [0.2, 0.25) is 0 Å². The number of nitrogens with zero attached hydrogens (tertiary/aromatic N) is 1. The molecule has 0 rings (SSSR count). The van der Waals surface area contributed by atoms with E-state index in [0.717, 1.165) is 128 Å². The Bertz CT molecular complexity index is 1690. The van der Waals surface area contributed by atoms with Crippen molar-refractivity contribution < 1.29 is 42.9 Å². The number of carbonyl (C=O) groups excluding carboxylic acids is 3. The second-order valence-corrected chi connectivity index (χ2v) is 20.2. The van der Waals surface area contributed by atoms with Crippen LogP contribution in [0.25, 0.3) is 0 Å². The lowest BCUT2D eigenvalue weighted by Crippen LogP contribution is -2.44. The summed E-state index contributed by atoms with van der Waals surface area (Å²) >= 11 is 0. The Balaban J connectivity index is 4.31. The van der Waals surface area contributed by atoms with Crippen molar-refractivity contribution in [2.24, 2.45) is 0 Å². The van der Waals surface area contributed by atoms with Crippen LogP contribution in [0.2, 0.25) is 0 Å². The van der Waals surface area contributed by atoms with Crippen LogP contribution in [0.1, 0.15) is 206 Å². The second kappa shape index (κ2) is 55.7. The van der Waals surface area contributed by atoms with Crippen LogP contribution < -0.4 is 5.11 Å². The highest BCUT2D eigenvalue weighted by Crippen LogP contribution is 2.14. The molecule has 75 heavy (non-hydrogen) atoms. The van der Waals surface area contributed by atoms with Gasteiger partial charge in [-0.15, -0.1) is 0 Å². The molecule has 0 aromatic heterocycles. The molecule has 0 aliphatic rings. The molecule has 0 N–H and O–H groups in total. The van der Waals surface area contributed by atoms with E-state index >= 15 is 0 Å². The molecule has 0 radical (unpaired) electrons. The van der Waals surface area contributed by atoms with E-state index in [9.17, 15) is 19.5 Å². The summed E-state index contributed by atoms with van der Waals surface area (Å²) in [4.78, 5) is 37.3. The van der Waals surface area contributed by atoms with Crippen molar-refractivity contribution in [1.82, 2.24) is 0 Å². The highest BCUT2D eigenvalue weighted by Gasteiger charge is 2.22. The van der Waals surface area contributed by atoms with Gasteiger partial charge in [0.15, 0.2) is 12.4 Å². The highest BCUT2D eigenvalue weighted by molar-refractivity contribution is 5.70. The van der Waals surface area contributed by atoms with E-state index < -0.39 is 24.3 Å². The van der Waals surface area contributed by atoms with Crippen LogP contribution in [0.4, 0.5) is 0 Å². The first-order valence-corrected chi connectivity index (χ1v) is 29.3. The molecule has 0 aliphatic heterocycles. The number of ether oxygens (including phenoxy) is 4. The van der Waals surface area contributed by atoms with Gasteiger partial charge in [-0.25, -0.2) is 0 Å². The molecular formula is C66H107NO8. The van der Waals surface area contributed by atoms with Crippen LogP contribution in [-0.2, 0) is 33.3 Å². The van der Waals surface area contributed by atoms with Crippen molar-refractivity contribution >= 4 is 17.9 Å². The molecule has 9 nitrogen and oxygen atoms in total. The van der Waals surface area contributed by atoms with Gasteiger partial charge >= 0.3 is 11.9 Å². The van der Waals surface area contributed by atoms with E-state index in [1.807, 2.05) is 21.1 Å². The van der Waals surface area contributed by atoms with Crippen LogP contribution in [0.3, 0.4) is 0 Å². The molecule has 0 aliphatic carbocycles. The van der Waals surface area contributed by atoms with Gasteiger partial charge in [-0.2, -0.15) is 0 Å². The number of rotatable bonds is 52. The van der Waals surface area contributed by atoms with Gasteiger partial charge in [0.05, 0.1) is 40.3 Å². The van der Waals surface area contributed by atoms with Crippen LogP contribution in [0, 0.1) is 0 Å². The smallest absolute Gasteiger partial charge is 0.306 e. The molecule has 2 atom stereocenters. The number of carbonyl (C=O) groups is 3. The lowest BCUT2D eigenvalue weighted by Gasteiger charge is -2.26. The molecule has 0 saturated carbocycles. The van der Waals surface area contributed by atoms with E-state index in [0.29, 0.717) is 23.9 Å². The number of carboxylic acid groups (broad SMARTS) is 1. The van der Waals surface area contributed by atoms with E-state index in [2.05, 4.69) is 148 Å². The maximum Gasteiger partial charge on any atom is 0.306 e. The largest absolute Gasteiger partial charge is 0.545 e. The number of esters is 2. The number of hydrogen-bond donors (Lipinski definition) is 0. The van der Waals surface area contributed by atoms with Crippen LogP contribution in [0.15, 0.2) is 134 Å². The topological polar surface area (TPSA) is 111 Å². The highest BCUT2D eigenvalue weighted by atomic mass is 16.7. The molecule has 0 saturated heterocycles. The third-order valence-corrected chi connectivity index (χ3v) is 11.9. The average molecular weight is 1040 g/mol. The maximum atomic E-state index is 12.9. The minimum absolute atomic E-state index is 0.136. The molecule has 0 amide bonds. The Morgan fingerprint density at radius 1 is 0.400 bits per heavy atom. The zero-order valence-electron chi connectivity index (χ0n) is 48.1. The molecule has 0 spiro atoms. The minimum atomic E-state index is -1.64. The molecular weight excluding hydrogens is 935 g/mol. The fourth-order valence-electron chi connectivity index (χ4n) is 7.45. The van der Waals surface area contributed by atoms with Crippen molar-refractivity contribution in [2.75, 3.05) is 47.5 Å². The zero-order valence-corrected chi connectivity index (χ0v) is 48.1. The predicted molar refractivity (Wildman–Crippen MR) is 315 cm³/mol. The lowest BCUT2D eigenvalue weighted by molar-refractivity contribution is -0.870. The third-order valence-electron chi connectivity index (χ3n) is 11.9. The number of allylic oxidation sites excluding steroid dienone is 22. The van der Waals surface area contributed by atoms with Crippen LogP contribution in [0.5, 0.6) is 0 Å². The van der Waals surface area contributed by atoms with Gasteiger partial charge in [0.25, 0.3) is 0 Å². The first-order valence-electron chi connectivity index (χ1n) is 29.3. The van der Waals surface area contributed by atoms with Gasteiger partial charge in [0, 0.05) is 12.8 Å². The standard InChI is InChI=1S/C66H107NO8/c1-6-8-10-12-14-16-18-20-22-24-26-28-29-30-31-32-33-34-35-37-39-41-43-45-47-49-51-53-55-57-64(69)75-62(61-74-66(65(70)71)72-59-58-67(3,4)5)60-73-63(68)56-54-52-50-48-46-44-42-40-38-36-27-25-23-21-19-17-15-13-11-9-7-2/h8-11,14-17,20-23,26-28,30-31,33-34,36,40,42,62,66H,6-7,12-13,18-19,24-25,29,32,35,37-39,41,43-61H2,1-5H3/b10-8-,11-9-,16-14-,17-15-,22-20-,23-21-,28-26-,31-30-,34-33-,36-27-,42-40-. The minimum Gasteiger partial charge on any atom is -0.545 e. The van der Waals surface area contributed by atoms with Gasteiger partial charge in [-0.05, 0) is 109 Å². The summed E-state index contributed by atoms with van der Waals surface area (Å²) in [6.45, 7) is 4.47. The van der Waals surface area contributed by atoms with E-state index in [4.69, 9.17) is 18.9 Å². The Hall–Kier alpha value is -4.57. The predicted octanol–water partition coefficient (Wildman–Crippen LogP) is 16.1. The van der Waals surface area contributed by atoms with E-state index in [-0.39, 0.29) is 38.6 Å². The van der Waals surface area contributed by atoms with Crippen molar-refractivity contribution in [2.45, 2.75) is 219 Å². The van der Waals surface area contributed by atoms with Crippen LogP contribution in [-0.4, -0.2) is 82.3 Å². The molecule has 0 aromatic rings. The van der Waals surface area contributed by atoms with Gasteiger partial charge in [-0.1, -0.05) is 218 Å². The molecule has 0 bridgehead atoms.